The van der Waals surface area contributed by atoms with E-state index in [4.69, 9.17) is 5.73 Å². The van der Waals surface area contributed by atoms with Crippen LogP contribution in [0, 0.1) is 12.8 Å². The maximum Gasteiger partial charge on any atom is 0.0461 e. The van der Waals surface area contributed by atoms with Gasteiger partial charge in [0.25, 0.3) is 0 Å². The van der Waals surface area contributed by atoms with Crippen LogP contribution in [0.25, 0.3) is 16.5 Å². The van der Waals surface area contributed by atoms with Crippen LogP contribution in [-0.4, -0.2) is 0 Å². The molecule has 0 spiro atoms. The first-order valence-electron chi connectivity index (χ1n) is 14.0. The molecule has 0 saturated carbocycles. The molecule has 0 heterocycles. The van der Waals surface area contributed by atoms with Crippen molar-refractivity contribution in [2.75, 3.05) is 16.4 Å². The van der Waals surface area contributed by atoms with Crippen LogP contribution in [0.5, 0.6) is 0 Å². The molecule has 0 fully saturated rings. The van der Waals surface area contributed by atoms with Gasteiger partial charge >= 0.3 is 0 Å². The van der Waals surface area contributed by atoms with Crippen molar-refractivity contribution >= 4 is 33.5 Å². The zero-order valence-electron chi connectivity index (χ0n) is 24.9. The normalized spacial score (nSPS) is 10.7. The lowest BCUT2D eigenvalue weighted by Crippen LogP contribution is -1.99. The maximum atomic E-state index is 5.84. The summed E-state index contributed by atoms with van der Waals surface area (Å²) in [6.07, 6.45) is 4.43. The first kappa shape index (κ1) is 31.2. The Morgan fingerprint density at radius 1 is 0.897 bits per heavy atom. The summed E-state index contributed by atoms with van der Waals surface area (Å²) in [6, 6.07) is 29.1. The molecule has 3 heteroatoms. The first-order valence-corrected chi connectivity index (χ1v) is 14.0. The summed E-state index contributed by atoms with van der Waals surface area (Å²) < 4.78 is 0. The number of hydrogen-bond acceptors (Lipinski definition) is 3. The Kier molecular flexibility index (Phi) is 12.9. The third-order valence-corrected chi connectivity index (χ3v) is 6.48. The fraction of sp³-hybridized carbons (Fsp3) is 0.278. The number of benzene rings is 4. The Morgan fingerprint density at radius 3 is 2.13 bits per heavy atom. The summed E-state index contributed by atoms with van der Waals surface area (Å²) in [5.74, 6) is 0.884. The number of nitrogen functional groups attached to an aromatic ring is 1. The Bertz CT molecular complexity index is 1320. The van der Waals surface area contributed by atoms with Crippen molar-refractivity contribution in [2.45, 2.75) is 61.3 Å². The number of allylic oxidation sites excluding steroid dienone is 2. The van der Waals surface area contributed by atoms with E-state index in [0.29, 0.717) is 0 Å². The van der Waals surface area contributed by atoms with Crippen molar-refractivity contribution in [3.05, 3.63) is 120 Å². The smallest absolute Gasteiger partial charge is 0.0461 e. The predicted molar refractivity (Wildman–Crippen MR) is 176 cm³/mol. The number of fused-ring (bicyclic) bond motifs is 1. The van der Waals surface area contributed by atoms with Gasteiger partial charge in [0.15, 0.2) is 0 Å². The second-order valence-electron chi connectivity index (χ2n) is 10.2. The van der Waals surface area contributed by atoms with Gasteiger partial charge in [-0.1, -0.05) is 107 Å². The summed E-state index contributed by atoms with van der Waals surface area (Å²) in [7, 11) is 0. The summed E-state index contributed by atoms with van der Waals surface area (Å²) in [5, 5.41) is 9.23. The fourth-order valence-electron chi connectivity index (χ4n) is 3.69. The highest BCUT2D eigenvalue weighted by Crippen LogP contribution is 2.24. The van der Waals surface area contributed by atoms with E-state index in [2.05, 4.69) is 131 Å². The Labute approximate surface area is 236 Å². The van der Waals surface area contributed by atoms with Gasteiger partial charge in [-0.25, -0.2) is 0 Å². The third-order valence-electron chi connectivity index (χ3n) is 6.48. The molecule has 39 heavy (non-hydrogen) atoms. The lowest BCUT2D eigenvalue weighted by molar-refractivity contribution is 0.626. The summed E-state index contributed by atoms with van der Waals surface area (Å²) in [4.78, 5) is 0. The van der Waals surface area contributed by atoms with E-state index < -0.39 is 0 Å². The van der Waals surface area contributed by atoms with Crippen molar-refractivity contribution < 1.29 is 0 Å². The van der Waals surface area contributed by atoms with Crippen LogP contribution < -0.4 is 16.4 Å². The first-order chi connectivity index (χ1) is 18.7. The van der Waals surface area contributed by atoms with Gasteiger partial charge in [-0.15, -0.1) is 0 Å². The van der Waals surface area contributed by atoms with E-state index >= 15 is 0 Å². The van der Waals surface area contributed by atoms with E-state index in [-0.39, 0.29) is 0 Å². The van der Waals surface area contributed by atoms with E-state index in [1.54, 1.807) is 0 Å². The van der Waals surface area contributed by atoms with E-state index in [0.717, 1.165) is 40.5 Å². The average Bonchev–Trinajstić information content (AvgIpc) is 2.93. The predicted octanol–water partition coefficient (Wildman–Crippen LogP) is 10.5. The van der Waals surface area contributed by atoms with Gasteiger partial charge in [-0.05, 0) is 79.5 Å². The topological polar surface area (TPSA) is 50.1 Å². The van der Waals surface area contributed by atoms with Crippen LogP contribution >= 0.6 is 0 Å². The number of nitrogens with two attached hydrogens (primary N) is 1. The zero-order valence-corrected chi connectivity index (χ0v) is 24.9. The standard InChI is InChI=1S/C17H20N2.C14H15N.C5H12/c1-4-14-5-7-15(8-6-14)13(3)19-17-10-12(2)9-16(18)11-17;1-3-11(2)15-14-10-6-8-12-7-4-5-9-13(12)14;1-4-5(2)3/h5-11,19H,3-4,18H2,1-2H3;3-10,15H,1-2H3;5H,4H2,1-3H3/b;11-3+;. The minimum Gasteiger partial charge on any atom is -0.399 e. The number of anilines is 3. The highest BCUT2D eigenvalue weighted by atomic mass is 14.9. The second-order valence-corrected chi connectivity index (χ2v) is 10.2. The molecule has 4 aromatic rings. The zero-order chi connectivity index (χ0) is 28.8. The van der Waals surface area contributed by atoms with Crippen LogP contribution in [0.1, 0.15) is 64.7 Å². The molecule has 0 unspecified atom stereocenters. The number of nitrogens with one attached hydrogen (secondary N) is 2. The van der Waals surface area contributed by atoms with Gasteiger partial charge in [0, 0.05) is 33.8 Å². The third kappa shape index (κ3) is 10.7. The summed E-state index contributed by atoms with van der Waals surface area (Å²) in [5.41, 5.74) is 14.4. The molecule has 0 bridgehead atoms. The Hall–Kier alpha value is -3.98. The van der Waals surface area contributed by atoms with Gasteiger partial charge in [0.05, 0.1) is 0 Å². The van der Waals surface area contributed by atoms with Gasteiger partial charge in [0.1, 0.15) is 0 Å². The van der Waals surface area contributed by atoms with Gasteiger partial charge in [-0.2, -0.15) is 0 Å². The summed E-state index contributed by atoms with van der Waals surface area (Å²) in [6.45, 7) is 19.0. The molecule has 0 saturated heterocycles. The monoisotopic (exact) mass is 521 g/mol. The number of aryl methyl sites for hydroxylation is 2. The van der Waals surface area contributed by atoms with Crippen molar-refractivity contribution in [3.63, 3.8) is 0 Å². The fourth-order valence-corrected chi connectivity index (χ4v) is 3.69. The van der Waals surface area contributed by atoms with E-state index in [9.17, 15) is 0 Å². The van der Waals surface area contributed by atoms with Crippen LogP contribution in [0.15, 0.2) is 103 Å². The number of rotatable bonds is 7. The molecule has 4 aromatic carbocycles. The van der Waals surface area contributed by atoms with Crippen molar-refractivity contribution in [1.82, 2.24) is 0 Å². The van der Waals surface area contributed by atoms with Crippen LogP contribution in [0.3, 0.4) is 0 Å². The number of hydrogen-bond donors (Lipinski definition) is 3. The van der Waals surface area contributed by atoms with Gasteiger partial charge < -0.3 is 16.4 Å². The van der Waals surface area contributed by atoms with Gasteiger partial charge in [-0.3, -0.25) is 0 Å². The Balaban J connectivity index is 0.000000238. The van der Waals surface area contributed by atoms with E-state index in [1.807, 2.05) is 26.0 Å². The van der Waals surface area contributed by atoms with Crippen LogP contribution in [-0.2, 0) is 6.42 Å². The molecule has 0 aliphatic heterocycles. The molecule has 0 amide bonds. The van der Waals surface area contributed by atoms with E-state index in [1.165, 1.54) is 34.1 Å². The molecule has 206 valence electrons. The SMILES string of the molecule is C/C=C(\C)Nc1cccc2ccccc12.C=C(Nc1cc(C)cc(N)c1)c1ccc(CC)cc1.CCC(C)C. The quantitative estimate of drug-likeness (QED) is 0.212. The van der Waals surface area contributed by atoms with Crippen LogP contribution in [0.2, 0.25) is 0 Å². The molecule has 4 N–H and O–H groups in total. The second kappa shape index (κ2) is 16.1. The largest absolute Gasteiger partial charge is 0.399 e. The van der Waals surface area contributed by atoms with Crippen molar-refractivity contribution in [3.8, 4) is 0 Å². The van der Waals surface area contributed by atoms with Gasteiger partial charge in [0.2, 0.25) is 0 Å². The molecule has 0 aliphatic carbocycles. The molecule has 0 aliphatic rings. The molecular formula is C36H47N3. The average molecular weight is 522 g/mol. The van der Waals surface area contributed by atoms with Crippen molar-refractivity contribution in [2.24, 2.45) is 5.92 Å². The Morgan fingerprint density at radius 2 is 1.54 bits per heavy atom. The lowest BCUT2D eigenvalue weighted by atomic mass is 10.1. The summed E-state index contributed by atoms with van der Waals surface area (Å²) >= 11 is 0. The molecule has 0 atom stereocenters. The molecule has 3 nitrogen and oxygen atoms in total. The lowest BCUT2D eigenvalue weighted by Gasteiger charge is -2.12. The highest BCUT2D eigenvalue weighted by Gasteiger charge is 2.02. The molecule has 0 aromatic heterocycles. The molecule has 0 radical (unpaired) electrons. The van der Waals surface area contributed by atoms with Crippen molar-refractivity contribution in [1.29, 1.82) is 0 Å². The minimum atomic E-state index is 0.761. The maximum absolute atomic E-state index is 5.84. The molecule has 4 rings (SSSR count). The molecular weight excluding hydrogens is 474 g/mol. The minimum absolute atomic E-state index is 0.761. The van der Waals surface area contributed by atoms with Crippen LogP contribution in [0.4, 0.5) is 17.1 Å². The highest BCUT2D eigenvalue weighted by molar-refractivity contribution is 5.94.